The molecule has 0 unspecified atom stereocenters. The van der Waals surface area contributed by atoms with E-state index in [1.165, 1.54) is 49.3 Å². The molecule has 0 saturated heterocycles. The SMILES string of the molecule is N#Cc1cccc(-n2c3ccccc3c3ccc4c(c32)-c2cccc3cccc-4c23)c1. The molecule has 0 saturated carbocycles. The number of hydrogen-bond donors (Lipinski definition) is 0. The van der Waals surface area contributed by atoms with Crippen LogP contribution < -0.4 is 0 Å². The molecule has 31 heavy (non-hydrogen) atoms. The maximum Gasteiger partial charge on any atom is 0.0992 e. The zero-order valence-corrected chi connectivity index (χ0v) is 16.6. The number of aromatic nitrogens is 1. The van der Waals surface area contributed by atoms with Gasteiger partial charge in [-0.15, -0.1) is 0 Å². The Kier molecular flexibility index (Phi) is 3.10. The van der Waals surface area contributed by atoms with Crippen LogP contribution in [0.4, 0.5) is 0 Å². The number of para-hydroxylation sites is 1. The molecule has 1 aliphatic rings. The first-order valence-corrected chi connectivity index (χ1v) is 10.4. The van der Waals surface area contributed by atoms with Crippen LogP contribution in [0, 0.1) is 11.3 Å². The molecule has 7 rings (SSSR count). The first kappa shape index (κ1) is 16.4. The van der Waals surface area contributed by atoms with Crippen molar-refractivity contribution in [2.45, 2.75) is 0 Å². The Labute approximate surface area is 179 Å². The molecule has 1 aliphatic carbocycles. The predicted molar refractivity (Wildman–Crippen MR) is 127 cm³/mol. The smallest absolute Gasteiger partial charge is 0.0992 e. The summed E-state index contributed by atoms with van der Waals surface area (Å²) in [5, 5.41) is 14.6. The largest absolute Gasteiger partial charge is 0.309 e. The third-order valence-corrected chi connectivity index (χ3v) is 6.53. The maximum absolute atomic E-state index is 9.50. The molecule has 0 amide bonds. The van der Waals surface area contributed by atoms with Gasteiger partial charge < -0.3 is 4.57 Å². The van der Waals surface area contributed by atoms with Gasteiger partial charge in [0.25, 0.3) is 0 Å². The van der Waals surface area contributed by atoms with Gasteiger partial charge in [-0.2, -0.15) is 5.26 Å². The van der Waals surface area contributed by atoms with Gasteiger partial charge in [-0.3, -0.25) is 0 Å². The molecule has 0 bridgehead atoms. The summed E-state index contributed by atoms with van der Waals surface area (Å²) in [5.74, 6) is 0. The monoisotopic (exact) mass is 392 g/mol. The average Bonchev–Trinajstić information content (AvgIpc) is 3.34. The van der Waals surface area contributed by atoms with Gasteiger partial charge in [-0.1, -0.05) is 72.8 Å². The molecule has 0 fully saturated rings. The Balaban J connectivity index is 1.73. The van der Waals surface area contributed by atoms with Gasteiger partial charge in [0.15, 0.2) is 0 Å². The van der Waals surface area contributed by atoms with Crippen molar-refractivity contribution in [2.24, 2.45) is 0 Å². The average molecular weight is 392 g/mol. The highest BCUT2D eigenvalue weighted by Crippen LogP contribution is 2.51. The molecule has 0 aliphatic heterocycles. The van der Waals surface area contributed by atoms with E-state index in [1.54, 1.807) is 0 Å². The van der Waals surface area contributed by atoms with Gasteiger partial charge in [0.1, 0.15) is 0 Å². The van der Waals surface area contributed by atoms with Gasteiger partial charge >= 0.3 is 0 Å². The highest BCUT2D eigenvalue weighted by Gasteiger charge is 2.26. The van der Waals surface area contributed by atoms with Gasteiger partial charge in [0.05, 0.1) is 22.7 Å². The van der Waals surface area contributed by atoms with Crippen LogP contribution in [0.25, 0.3) is 60.5 Å². The van der Waals surface area contributed by atoms with E-state index in [9.17, 15) is 5.26 Å². The minimum absolute atomic E-state index is 0.668. The quantitative estimate of drug-likeness (QED) is 0.285. The van der Waals surface area contributed by atoms with E-state index in [-0.39, 0.29) is 0 Å². The zero-order valence-electron chi connectivity index (χ0n) is 16.6. The van der Waals surface area contributed by atoms with Gasteiger partial charge in [-0.05, 0) is 51.7 Å². The maximum atomic E-state index is 9.50. The predicted octanol–water partition coefficient (Wildman–Crippen LogP) is 7.46. The van der Waals surface area contributed by atoms with Crippen molar-refractivity contribution in [3.05, 3.63) is 103 Å². The van der Waals surface area contributed by atoms with E-state index < -0.39 is 0 Å². The summed E-state index contributed by atoms with van der Waals surface area (Å²) in [4.78, 5) is 0. The number of hydrogen-bond acceptors (Lipinski definition) is 1. The molecule has 5 aromatic carbocycles. The summed E-state index contributed by atoms with van der Waals surface area (Å²) >= 11 is 0. The first-order chi connectivity index (χ1) is 15.3. The highest BCUT2D eigenvalue weighted by atomic mass is 15.0. The van der Waals surface area contributed by atoms with Crippen molar-refractivity contribution >= 4 is 32.6 Å². The lowest BCUT2D eigenvalue weighted by molar-refractivity contribution is 1.18. The van der Waals surface area contributed by atoms with Crippen molar-refractivity contribution in [2.75, 3.05) is 0 Å². The molecule has 1 heterocycles. The molecule has 1 aromatic heterocycles. The summed E-state index contributed by atoms with van der Waals surface area (Å²) in [6.45, 7) is 0. The lowest BCUT2D eigenvalue weighted by Gasteiger charge is -2.12. The summed E-state index contributed by atoms with van der Waals surface area (Å²) in [6.07, 6.45) is 0. The van der Waals surface area contributed by atoms with Gasteiger partial charge in [-0.25, -0.2) is 0 Å². The van der Waals surface area contributed by atoms with E-state index in [0.717, 1.165) is 11.2 Å². The number of fused-ring (bicyclic) bond motifs is 7. The lowest BCUT2D eigenvalue weighted by atomic mass is 10.0. The summed E-state index contributed by atoms with van der Waals surface area (Å²) in [7, 11) is 0. The van der Waals surface area contributed by atoms with Crippen molar-refractivity contribution < 1.29 is 0 Å². The van der Waals surface area contributed by atoms with Gasteiger partial charge in [0, 0.05) is 22.0 Å². The number of nitrogens with zero attached hydrogens (tertiary/aromatic N) is 2. The molecule has 2 heteroatoms. The van der Waals surface area contributed by atoms with Crippen LogP contribution in [0.1, 0.15) is 5.56 Å². The van der Waals surface area contributed by atoms with Crippen LogP contribution in [0.5, 0.6) is 0 Å². The van der Waals surface area contributed by atoms with E-state index in [1.807, 2.05) is 18.2 Å². The molecule has 0 radical (unpaired) electrons. The Morgan fingerprint density at radius 2 is 1.45 bits per heavy atom. The van der Waals surface area contributed by atoms with Crippen LogP contribution >= 0.6 is 0 Å². The van der Waals surface area contributed by atoms with E-state index in [2.05, 4.69) is 89.5 Å². The Hall–Kier alpha value is -4.35. The molecule has 142 valence electrons. The third-order valence-electron chi connectivity index (χ3n) is 6.53. The van der Waals surface area contributed by atoms with Crippen LogP contribution in [0.15, 0.2) is 97.1 Å². The summed E-state index contributed by atoms with van der Waals surface area (Å²) in [5.41, 5.74) is 9.19. The van der Waals surface area contributed by atoms with Crippen LogP contribution in [0.2, 0.25) is 0 Å². The molecular formula is C29H16N2. The number of rotatable bonds is 1. The Morgan fingerprint density at radius 3 is 2.32 bits per heavy atom. The second-order valence-corrected chi connectivity index (χ2v) is 8.11. The molecule has 0 atom stereocenters. The fourth-order valence-electron chi connectivity index (χ4n) is 5.31. The van der Waals surface area contributed by atoms with Crippen LogP contribution in [-0.4, -0.2) is 4.57 Å². The van der Waals surface area contributed by atoms with E-state index in [4.69, 9.17) is 0 Å². The topological polar surface area (TPSA) is 28.7 Å². The Morgan fingerprint density at radius 1 is 0.645 bits per heavy atom. The summed E-state index contributed by atoms with van der Waals surface area (Å²) < 4.78 is 2.33. The van der Waals surface area contributed by atoms with Crippen molar-refractivity contribution in [1.29, 1.82) is 5.26 Å². The second kappa shape index (κ2) is 5.84. The standard InChI is InChI=1S/C29H16N2/c30-17-18-6-3-9-20(16-18)31-26-13-2-1-10-21(26)24-15-14-23-22-11-4-7-19-8-5-12-25(27(19)22)28(23)29(24)31/h1-16H. The van der Waals surface area contributed by atoms with Crippen molar-refractivity contribution in [3.8, 4) is 34.0 Å². The zero-order chi connectivity index (χ0) is 20.5. The molecule has 0 N–H and O–H groups in total. The number of benzene rings is 5. The molecule has 0 spiro atoms. The van der Waals surface area contributed by atoms with Crippen LogP contribution in [-0.2, 0) is 0 Å². The lowest BCUT2D eigenvalue weighted by Crippen LogP contribution is -1.96. The van der Waals surface area contributed by atoms with Crippen molar-refractivity contribution in [3.63, 3.8) is 0 Å². The molecular weight excluding hydrogens is 376 g/mol. The Bertz CT molecular complexity index is 1740. The normalized spacial score (nSPS) is 11.8. The van der Waals surface area contributed by atoms with Crippen LogP contribution in [0.3, 0.4) is 0 Å². The van der Waals surface area contributed by atoms with Gasteiger partial charge in [0.2, 0.25) is 0 Å². The second-order valence-electron chi connectivity index (χ2n) is 8.11. The highest BCUT2D eigenvalue weighted by molar-refractivity contribution is 6.24. The summed E-state index contributed by atoms with van der Waals surface area (Å²) in [6, 6.07) is 36.4. The molecule has 2 nitrogen and oxygen atoms in total. The van der Waals surface area contributed by atoms with E-state index in [0.29, 0.717) is 5.56 Å². The fourth-order valence-corrected chi connectivity index (χ4v) is 5.31. The third kappa shape index (κ3) is 2.05. The minimum atomic E-state index is 0.668. The molecule has 6 aromatic rings. The number of nitriles is 1. The fraction of sp³-hybridized carbons (Fsp3) is 0. The first-order valence-electron chi connectivity index (χ1n) is 10.4. The van der Waals surface area contributed by atoms with Crippen molar-refractivity contribution in [1.82, 2.24) is 4.57 Å². The minimum Gasteiger partial charge on any atom is -0.309 e. The van der Waals surface area contributed by atoms with E-state index >= 15 is 0 Å².